The van der Waals surface area contributed by atoms with Gasteiger partial charge in [0.15, 0.2) is 10.8 Å². The normalized spacial score (nSPS) is 12.8. The van der Waals surface area contributed by atoms with Gasteiger partial charge in [-0.1, -0.05) is 0 Å². The van der Waals surface area contributed by atoms with Crippen molar-refractivity contribution in [1.29, 1.82) is 0 Å². The second kappa shape index (κ2) is 5.38. The number of furan rings is 1. The smallest absolute Gasteiger partial charge is 0.162 e. The molecule has 0 fully saturated rings. The quantitative estimate of drug-likeness (QED) is 0.884. The Labute approximate surface area is 99.4 Å². The molecule has 0 bridgehead atoms. The summed E-state index contributed by atoms with van der Waals surface area (Å²) in [5, 5.41) is 11.3. The molecule has 2 rings (SSSR count). The first-order chi connectivity index (χ1) is 7.79. The molecule has 6 heteroatoms. The van der Waals surface area contributed by atoms with Gasteiger partial charge in [-0.05, 0) is 12.1 Å². The maximum atomic E-state index is 11.4. The zero-order chi connectivity index (χ0) is 11.4. The van der Waals surface area contributed by atoms with Crippen molar-refractivity contribution < 1.29 is 13.7 Å². The lowest BCUT2D eigenvalue weighted by Gasteiger charge is -1.95. The average molecular weight is 257 g/mol. The summed E-state index contributed by atoms with van der Waals surface area (Å²) in [6, 6.07) is 3.65. The van der Waals surface area contributed by atoms with Crippen molar-refractivity contribution in [1.82, 2.24) is 4.98 Å². The summed E-state index contributed by atoms with van der Waals surface area (Å²) in [5.41, 5.74) is 0.781. The van der Waals surface area contributed by atoms with E-state index in [4.69, 9.17) is 9.52 Å². The molecule has 1 unspecified atom stereocenters. The molecule has 0 aliphatic heterocycles. The van der Waals surface area contributed by atoms with Gasteiger partial charge in [0.25, 0.3) is 0 Å². The number of hydrogen-bond acceptors (Lipinski definition) is 5. The molecule has 0 aromatic carbocycles. The Balaban J connectivity index is 2.06. The molecule has 0 saturated heterocycles. The number of rotatable bonds is 5. The second-order valence-corrected chi connectivity index (χ2v) is 5.57. The van der Waals surface area contributed by atoms with E-state index in [9.17, 15) is 4.21 Å². The van der Waals surface area contributed by atoms with Gasteiger partial charge in [0.1, 0.15) is 0 Å². The van der Waals surface area contributed by atoms with Gasteiger partial charge in [0, 0.05) is 21.9 Å². The molecule has 0 aliphatic carbocycles. The van der Waals surface area contributed by atoms with E-state index in [-0.39, 0.29) is 6.61 Å². The molecule has 0 aliphatic rings. The molecule has 0 amide bonds. The van der Waals surface area contributed by atoms with Crippen molar-refractivity contribution in [3.05, 3.63) is 29.5 Å². The van der Waals surface area contributed by atoms with Crippen molar-refractivity contribution in [2.45, 2.75) is 5.75 Å². The number of nitrogens with zero attached hydrogens (tertiary/aromatic N) is 1. The molecule has 86 valence electrons. The first-order valence-electron chi connectivity index (χ1n) is 4.73. The minimum atomic E-state index is -1.04. The molecular weight excluding hydrogens is 246 g/mol. The summed E-state index contributed by atoms with van der Waals surface area (Å²) in [7, 11) is -1.04. The summed E-state index contributed by atoms with van der Waals surface area (Å²) in [5.74, 6) is 1.41. The number of thiazole rings is 1. The maximum absolute atomic E-state index is 11.4. The van der Waals surface area contributed by atoms with Crippen LogP contribution in [0.1, 0.15) is 5.69 Å². The Kier molecular flexibility index (Phi) is 3.87. The largest absolute Gasteiger partial charge is 0.462 e. The van der Waals surface area contributed by atoms with E-state index in [2.05, 4.69) is 4.98 Å². The van der Waals surface area contributed by atoms with Crippen LogP contribution in [0, 0.1) is 0 Å². The molecule has 2 heterocycles. The molecule has 16 heavy (non-hydrogen) atoms. The zero-order valence-corrected chi connectivity index (χ0v) is 10.1. The summed E-state index contributed by atoms with van der Waals surface area (Å²) in [4.78, 5) is 4.33. The summed E-state index contributed by atoms with van der Waals surface area (Å²) >= 11 is 1.47. The van der Waals surface area contributed by atoms with Crippen molar-refractivity contribution in [3.63, 3.8) is 0 Å². The molecular formula is C10H11NO3S2. The van der Waals surface area contributed by atoms with Crippen LogP contribution >= 0.6 is 11.3 Å². The lowest BCUT2D eigenvalue weighted by atomic mass is 10.5. The molecule has 2 aromatic heterocycles. The third kappa shape index (κ3) is 2.78. The van der Waals surface area contributed by atoms with Crippen LogP contribution in [-0.4, -0.2) is 26.7 Å². The van der Waals surface area contributed by atoms with Gasteiger partial charge in [-0.3, -0.25) is 4.21 Å². The monoisotopic (exact) mass is 257 g/mol. The van der Waals surface area contributed by atoms with Gasteiger partial charge in [-0.25, -0.2) is 4.98 Å². The van der Waals surface area contributed by atoms with E-state index < -0.39 is 10.8 Å². The highest BCUT2D eigenvalue weighted by Gasteiger charge is 2.09. The molecule has 1 atom stereocenters. The summed E-state index contributed by atoms with van der Waals surface area (Å²) in [6.45, 7) is -0.0538. The van der Waals surface area contributed by atoms with E-state index in [1.807, 2.05) is 11.4 Å². The van der Waals surface area contributed by atoms with Crippen LogP contribution in [0.5, 0.6) is 0 Å². The van der Waals surface area contributed by atoms with Gasteiger partial charge in [0.2, 0.25) is 0 Å². The SMILES string of the molecule is O=S(CCO)Cc1csc(-c2ccco2)n1. The highest BCUT2D eigenvalue weighted by Crippen LogP contribution is 2.24. The number of aliphatic hydroxyl groups excluding tert-OH is 1. The lowest BCUT2D eigenvalue weighted by Crippen LogP contribution is -2.04. The summed E-state index contributed by atoms with van der Waals surface area (Å²) < 4.78 is 16.6. The third-order valence-corrected chi connectivity index (χ3v) is 4.07. The molecule has 1 N–H and O–H groups in total. The highest BCUT2D eigenvalue weighted by atomic mass is 32.2. The van der Waals surface area contributed by atoms with Crippen LogP contribution in [0.15, 0.2) is 28.2 Å². The molecule has 0 spiro atoms. The van der Waals surface area contributed by atoms with E-state index in [1.54, 1.807) is 12.3 Å². The fourth-order valence-corrected chi connectivity index (χ4v) is 2.94. The van der Waals surface area contributed by atoms with E-state index >= 15 is 0 Å². The number of aliphatic hydroxyl groups is 1. The molecule has 4 nitrogen and oxygen atoms in total. The summed E-state index contributed by atoms with van der Waals surface area (Å²) in [6.07, 6.45) is 1.60. The van der Waals surface area contributed by atoms with Crippen LogP contribution in [0.2, 0.25) is 0 Å². The second-order valence-electron chi connectivity index (χ2n) is 3.13. The van der Waals surface area contributed by atoms with Crippen LogP contribution in [0.3, 0.4) is 0 Å². The molecule has 0 saturated carbocycles. The zero-order valence-electron chi connectivity index (χ0n) is 8.46. The van der Waals surface area contributed by atoms with Crippen LogP contribution < -0.4 is 0 Å². The van der Waals surface area contributed by atoms with Crippen LogP contribution in [-0.2, 0) is 16.6 Å². The van der Waals surface area contributed by atoms with Gasteiger partial charge in [-0.15, -0.1) is 11.3 Å². The first-order valence-corrected chi connectivity index (χ1v) is 7.10. The number of aromatic nitrogens is 1. The van der Waals surface area contributed by atoms with Crippen LogP contribution in [0.25, 0.3) is 10.8 Å². The Morgan fingerprint density at radius 2 is 2.44 bits per heavy atom. The standard InChI is InChI=1S/C10H11NO3S2/c12-3-5-16(13)7-8-6-15-10(11-8)9-2-1-4-14-9/h1-2,4,6,12H,3,5,7H2. The van der Waals surface area contributed by atoms with Gasteiger partial charge in [-0.2, -0.15) is 0 Å². The number of hydrogen-bond donors (Lipinski definition) is 1. The van der Waals surface area contributed by atoms with Crippen molar-refractivity contribution in [2.75, 3.05) is 12.4 Å². The fourth-order valence-electron chi connectivity index (χ4n) is 1.23. The Hall–Kier alpha value is -0.980. The molecule has 0 radical (unpaired) electrons. The Bertz CT molecular complexity index is 464. The van der Waals surface area contributed by atoms with Gasteiger partial charge in [0.05, 0.1) is 24.3 Å². The highest BCUT2D eigenvalue weighted by molar-refractivity contribution is 7.84. The Morgan fingerprint density at radius 3 is 3.12 bits per heavy atom. The van der Waals surface area contributed by atoms with Crippen molar-refractivity contribution >= 4 is 22.1 Å². The van der Waals surface area contributed by atoms with E-state index in [1.165, 1.54) is 11.3 Å². The average Bonchev–Trinajstić information content (AvgIpc) is 2.86. The van der Waals surface area contributed by atoms with E-state index in [0.29, 0.717) is 11.5 Å². The predicted octanol–water partition coefficient (Wildman–Crippen LogP) is 1.64. The lowest BCUT2D eigenvalue weighted by molar-refractivity contribution is 0.321. The van der Waals surface area contributed by atoms with Gasteiger partial charge < -0.3 is 9.52 Å². The van der Waals surface area contributed by atoms with E-state index in [0.717, 1.165) is 16.5 Å². The molecule has 2 aromatic rings. The third-order valence-electron chi connectivity index (χ3n) is 1.91. The van der Waals surface area contributed by atoms with Crippen molar-refractivity contribution in [3.8, 4) is 10.8 Å². The Morgan fingerprint density at radius 1 is 1.56 bits per heavy atom. The van der Waals surface area contributed by atoms with Crippen molar-refractivity contribution in [2.24, 2.45) is 0 Å². The minimum Gasteiger partial charge on any atom is -0.462 e. The maximum Gasteiger partial charge on any atom is 0.162 e. The van der Waals surface area contributed by atoms with Gasteiger partial charge >= 0.3 is 0 Å². The topological polar surface area (TPSA) is 63.3 Å². The van der Waals surface area contributed by atoms with Crippen LogP contribution in [0.4, 0.5) is 0 Å². The fraction of sp³-hybridized carbons (Fsp3) is 0.300. The first kappa shape index (κ1) is 11.5. The minimum absolute atomic E-state index is 0.0538. The predicted molar refractivity (Wildman–Crippen MR) is 63.6 cm³/mol.